The number of carbonyl (C=O) groups excluding carboxylic acids is 2. The first-order chi connectivity index (χ1) is 23.4. The van der Waals surface area contributed by atoms with E-state index in [4.69, 9.17) is 4.74 Å². The molecule has 9 nitrogen and oxygen atoms in total. The largest absolute Gasteiger partial charge is 0.494 e. The SMILES string of the molecule is CCCCCCCOc1ccc(-c2cnc(-c3ccc(C[C@H](NC(=O)c4ccc(C(C)(C)C)cc4)C(=O)N[C@@H](C)C(O)O)cc3)nc2)cc1. The standard InChI is InChI=1S/C40H50N4O5/c1-6-7-8-9-10-23-49-34-21-17-29(18-22-34)32-25-41-36(42-26-32)30-13-11-28(12-14-30)24-35(38(46)43-27(2)39(47)48)44-37(45)31-15-19-33(20-16-31)40(3,4)5/h11-22,25-27,35,39,47-48H,6-10,23-24H2,1-5H3,(H,43,46)(H,44,45)/t27-,35-/m0/s1. The lowest BCUT2D eigenvalue weighted by atomic mass is 9.86. The third-order valence-electron chi connectivity index (χ3n) is 8.46. The number of aliphatic hydroxyl groups is 2. The van der Waals surface area contributed by atoms with Crippen molar-refractivity contribution in [2.24, 2.45) is 0 Å². The number of hydrogen-bond donors (Lipinski definition) is 4. The van der Waals surface area contributed by atoms with Crippen LogP contribution in [0.1, 0.15) is 88.2 Å². The van der Waals surface area contributed by atoms with Crippen molar-refractivity contribution in [3.8, 4) is 28.3 Å². The smallest absolute Gasteiger partial charge is 0.251 e. The fourth-order valence-electron chi connectivity index (χ4n) is 5.26. The van der Waals surface area contributed by atoms with E-state index in [0.717, 1.165) is 46.6 Å². The summed E-state index contributed by atoms with van der Waals surface area (Å²) in [6.45, 7) is 10.7. The molecule has 0 bridgehead atoms. The highest BCUT2D eigenvalue weighted by Gasteiger charge is 2.25. The van der Waals surface area contributed by atoms with Gasteiger partial charge in [0.2, 0.25) is 5.91 Å². The van der Waals surface area contributed by atoms with E-state index in [2.05, 4.69) is 48.3 Å². The zero-order chi connectivity index (χ0) is 35.4. The van der Waals surface area contributed by atoms with Gasteiger partial charge in [0.25, 0.3) is 5.91 Å². The molecule has 3 aromatic carbocycles. The maximum Gasteiger partial charge on any atom is 0.251 e. The zero-order valence-electron chi connectivity index (χ0n) is 29.3. The summed E-state index contributed by atoms with van der Waals surface area (Å²) in [5, 5.41) is 24.4. The van der Waals surface area contributed by atoms with Gasteiger partial charge in [-0.2, -0.15) is 0 Å². The van der Waals surface area contributed by atoms with E-state index in [0.29, 0.717) is 11.4 Å². The van der Waals surface area contributed by atoms with E-state index >= 15 is 0 Å². The van der Waals surface area contributed by atoms with Crippen LogP contribution >= 0.6 is 0 Å². The Morgan fingerprint density at radius 2 is 1.39 bits per heavy atom. The molecule has 4 N–H and O–H groups in total. The number of hydrogen-bond acceptors (Lipinski definition) is 7. The predicted octanol–water partition coefficient (Wildman–Crippen LogP) is 6.61. The van der Waals surface area contributed by atoms with Crippen LogP contribution < -0.4 is 15.4 Å². The molecule has 0 radical (unpaired) electrons. The van der Waals surface area contributed by atoms with Crippen LogP contribution in [-0.2, 0) is 16.6 Å². The first-order valence-corrected chi connectivity index (χ1v) is 17.2. The summed E-state index contributed by atoms with van der Waals surface area (Å²) in [6, 6.07) is 20.9. The van der Waals surface area contributed by atoms with Gasteiger partial charge in [0.1, 0.15) is 11.8 Å². The number of benzene rings is 3. The van der Waals surface area contributed by atoms with Crippen molar-refractivity contribution >= 4 is 11.8 Å². The fraction of sp³-hybridized carbons (Fsp3) is 0.400. The Kier molecular flexibility index (Phi) is 13.4. The Balaban J connectivity index is 1.40. The van der Waals surface area contributed by atoms with Crippen LogP contribution in [0.25, 0.3) is 22.5 Å². The van der Waals surface area contributed by atoms with Crippen LogP contribution in [0.3, 0.4) is 0 Å². The van der Waals surface area contributed by atoms with Crippen LogP contribution in [0.15, 0.2) is 85.2 Å². The lowest BCUT2D eigenvalue weighted by Gasteiger charge is -2.23. The molecule has 260 valence electrons. The molecule has 4 rings (SSSR count). The van der Waals surface area contributed by atoms with E-state index in [9.17, 15) is 19.8 Å². The van der Waals surface area contributed by atoms with E-state index in [1.54, 1.807) is 24.5 Å². The van der Waals surface area contributed by atoms with Crippen LogP contribution in [0.4, 0.5) is 0 Å². The molecular weight excluding hydrogens is 616 g/mol. The molecule has 0 aliphatic carbocycles. The summed E-state index contributed by atoms with van der Waals surface area (Å²) in [7, 11) is 0. The minimum Gasteiger partial charge on any atom is -0.494 e. The molecule has 0 saturated carbocycles. The predicted molar refractivity (Wildman–Crippen MR) is 193 cm³/mol. The molecule has 1 heterocycles. The number of rotatable bonds is 16. The van der Waals surface area contributed by atoms with Crippen LogP contribution in [0, 0.1) is 0 Å². The summed E-state index contributed by atoms with van der Waals surface area (Å²) in [5.74, 6) is 0.491. The first kappa shape index (κ1) is 37.2. The molecule has 1 aromatic heterocycles. The van der Waals surface area contributed by atoms with Crippen LogP contribution in [-0.4, -0.2) is 57.0 Å². The van der Waals surface area contributed by atoms with Crippen molar-refractivity contribution < 1.29 is 24.5 Å². The topological polar surface area (TPSA) is 134 Å². The fourth-order valence-corrected chi connectivity index (χ4v) is 5.26. The highest BCUT2D eigenvalue weighted by atomic mass is 16.5. The number of nitrogens with one attached hydrogen (secondary N) is 2. The van der Waals surface area contributed by atoms with Crippen molar-refractivity contribution in [1.29, 1.82) is 0 Å². The molecule has 4 aromatic rings. The summed E-state index contributed by atoms with van der Waals surface area (Å²) >= 11 is 0. The minimum absolute atomic E-state index is 0.0628. The molecule has 0 fully saturated rings. The number of aliphatic hydroxyl groups excluding tert-OH is 1. The van der Waals surface area contributed by atoms with Crippen molar-refractivity contribution in [3.05, 3.63) is 102 Å². The van der Waals surface area contributed by atoms with Gasteiger partial charge in [0.15, 0.2) is 12.1 Å². The number of ether oxygens (including phenoxy) is 1. The van der Waals surface area contributed by atoms with E-state index in [-0.39, 0.29) is 11.8 Å². The van der Waals surface area contributed by atoms with Crippen LogP contribution in [0.2, 0.25) is 0 Å². The summed E-state index contributed by atoms with van der Waals surface area (Å²) in [5.41, 5.74) is 4.94. The second-order valence-electron chi connectivity index (χ2n) is 13.5. The number of aromatic nitrogens is 2. The van der Waals surface area contributed by atoms with Crippen molar-refractivity contribution in [3.63, 3.8) is 0 Å². The number of amides is 2. The summed E-state index contributed by atoms with van der Waals surface area (Å²) in [6.07, 6.45) is 8.05. The van der Waals surface area contributed by atoms with Gasteiger partial charge in [-0.25, -0.2) is 9.97 Å². The molecule has 2 atom stereocenters. The van der Waals surface area contributed by atoms with E-state index in [1.165, 1.54) is 32.6 Å². The maximum absolute atomic E-state index is 13.2. The number of carbonyl (C=O) groups is 2. The third kappa shape index (κ3) is 11.2. The Bertz CT molecular complexity index is 1610. The molecular formula is C40H50N4O5. The summed E-state index contributed by atoms with van der Waals surface area (Å²) in [4.78, 5) is 35.5. The molecule has 2 amide bonds. The second kappa shape index (κ2) is 17.7. The molecule has 0 aliphatic rings. The second-order valence-corrected chi connectivity index (χ2v) is 13.5. The highest BCUT2D eigenvalue weighted by molar-refractivity contribution is 5.97. The van der Waals surface area contributed by atoms with Gasteiger partial charge >= 0.3 is 0 Å². The quantitative estimate of drug-likeness (QED) is 0.0781. The van der Waals surface area contributed by atoms with Gasteiger partial charge in [0.05, 0.1) is 12.6 Å². The van der Waals surface area contributed by atoms with Crippen LogP contribution in [0.5, 0.6) is 5.75 Å². The van der Waals surface area contributed by atoms with Gasteiger partial charge in [-0.3, -0.25) is 9.59 Å². The maximum atomic E-state index is 13.2. The average molecular weight is 667 g/mol. The van der Waals surface area contributed by atoms with Gasteiger partial charge in [-0.15, -0.1) is 0 Å². The van der Waals surface area contributed by atoms with E-state index < -0.39 is 30.2 Å². The normalized spacial score (nSPS) is 12.7. The average Bonchev–Trinajstić information content (AvgIpc) is 3.09. The number of unbranched alkanes of at least 4 members (excludes halogenated alkanes) is 4. The van der Waals surface area contributed by atoms with Gasteiger partial charge in [0, 0.05) is 35.5 Å². The van der Waals surface area contributed by atoms with Gasteiger partial charge in [-0.1, -0.05) is 102 Å². The van der Waals surface area contributed by atoms with Crippen molar-refractivity contribution in [2.45, 2.75) is 96.9 Å². The highest BCUT2D eigenvalue weighted by Crippen LogP contribution is 2.24. The van der Waals surface area contributed by atoms with Crippen molar-refractivity contribution in [2.75, 3.05) is 6.61 Å². The molecule has 9 heteroatoms. The molecule has 49 heavy (non-hydrogen) atoms. The zero-order valence-corrected chi connectivity index (χ0v) is 29.3. The first-order valence-electron chi connectivity index (χ1n) is 17.2. The molecule has 0 aliphatic heterocycles. The molecule has 0 unspecified atom stereocenters. The van der Waals surface area contributed by atoms with Gasteiger partial charge in [-0.05, 0) is 59.7 Å². The molecule has 0 spiro atoms. The monoisotopic (exact) mass is 666 g/mol. The Morgan fingerprint density at radius 3 is 1.98 bits per heavy atom. The lowest BCUT2D eigenvalue weighted by molar-refractivity contribution is -0.128. The lowest BCUT2D eigenvalue weighted by Crippen LogP contribution is -2.52. The van der Waals surface area contributed by atoms with E-state index in [1.807, 2.05) is 60.7 Å². The minimum atomic E-state index is -1.74. The Morgan fingerprint density at radius 1 is 0.776 bits per heavy atom. The van der Waals surface area contributed by atoms with Gasteiger partial charge < -0.3 is 25.6 Å². The van der Waals surface area contributed by atoms with Crippen molar-refractivity contribution in [1.82, 2.24) is 20.6 Å². The Hall–Kier alpha value is -4.60. The molecule has 0 saturated heterocycles. The Labute approximate surface area is 290 Å². The number of nitrogens with zero attached hydrogens (tertiary/aromatic N) is 2. The summed E-state index contributed by atoms with van der Waals surface area (Å²) < 4.78 is 5.89. The third-order valence-corrected chi connectivity index (χ3v) is 8.46.